The molecule has 0 radical (unpaired) electrons. The summed E-state index contributed by atoms with van der Waals surface area (Å²) in [5, 5.41) is 0. The Morgan fingerprint density at radius 3 is 2.63 bits per heavy atom. The van der Waals surface area contributed by atoms with Crippen LogP contribution in [0.4, 0.5) is 5.95 Å². The van der Waals surface area contributed by atoms with E-state index in [0.717, 1.165) is 61.4 Å². The summed E-state index contributed by atoms with van der Waals surface area (Å²) >= 11 is 0. The summed E-state index contributed by atoms with van der Waals surface area (Å²) in [5.74, 6) is 2.04. The van der Waals surface area contributed by atoms with Crippen LogP contribution >= 0.6 is 0 Å². The monoisotopic (exact) mass is 404 g/mol. The van der Waals surface area contributed by atoms with E-state index in [2.05, 4.69) is 51.5 Å². The fourth-order valence-corrected chi connectivity index (χ4v) is 4.75. The van der Waals surface area contributed by atoms with E-state index in [1.54, 1.807) is 0 Å². The summed E-state index contributed by atoms with van der Waals surface area (Å²) in [6.45, 7) is 6.35. The Labute approximate surface area is 179 Å². The van der Waals surface area contributed by atoms with Crippen molar-refractivity contribution in [2.45, 2.75) is 58.0 Å². The number of anilines is 1. The highest BCUT2D eigenvalue weighted by Gasteiger charge is 2.22. The quantitative estimate of drug-likeness (QED) is 0.592. The van der Waals surface area contributed by atoms with E-state index in [0.29, 0.717) is 0 Å². The zero-order valence-corrected chi connectivity index (χ0v) is 18.2. The first kappa shape index (κ1) is 19.5. The normalized spacial score (nSPS) is 17.2. The van der Waals surface area contributed by atoms with Gasteiger partial charge in [0.1, 0.15) is 5.82 Å². The number of nitrogens with zero attached hydrogens (tertiary/aromatic N) is 6. The first-order valence-electron chi connectivity index (χ1n) is 11.5. The Hall–Kier alpha value is -2.47. The van der Waals surface area contributed by atoms with E-state index >= 15 is 0 Å². The minimum atomic E-state index is 0.777. The van der Waals surface area contributed by atoms with Crippen LogP contribution in [0.1, 0.15) is 44.9 Å². The Morgan fingerprint density at radius 2 is 1.90 bits per heavy atom. The van der Waals surface area contributed by atoms with Crippen LogP contribution < -0.4 is 4.90 Å². The molecule has 2 aromatic heterocycles. The molecule has 2 fully saturated rings. The molecule has 3 heterocycles. The lowest BCUT2D eigenvalue weighted by Crippen LogP contribution is -2.38. The van der Waals surface area contributed by atoms with Crippen molar-refractivity contribution in [3.63, 3.8) is 0 Å². The molecule has 0 amide bonds. The Kier molecular flexibility index (Phi) is 5.42. The molecular weight excluding hydrogens is 372 g/mol. The third-order valence-corrected chi connectivity index (χ3v) is 6.86. The lowest BCUT2D eigenvalue weighted by atomic mass is 9.92. The average Bonchev–Trinajstić information content (AvgIpc) is 3.38. The first-order valence-corrected chi connectivity index (χ1v) is 11.5. The highest BCUT2D eigenvalue weighted by Crippen LogP contribution is 2.27. The molecule has 1 saturated carbocycles. The molecule has 2 aliphatic rings. The van der Waals surface area contributed by atoms with Crippen molar-refractivity contribution in [2.24, 2.45) is 0 Å². The fourth-order valence-electron chi connectivity index (χ4n) is 4.75. The third kappa shape index (κ3) is 3.69. The molecule has 0 N–H and O–H groups in total. The smallest absolute Gasteiger partial charge is 0.225 e. The number of hydrogen-bond donors (Lipinski definition) is 0. The Balaban J connectivity index is 1.40. The standard InChI is InChI=1S/C24H32N6/c1-3-30-22-10-9-18(20-11-13-25-24(27-20)29-14-4-5-15-29)17-21(22)26-23(30)12-16-28(2)19-7-6-8-19/h9-11,13,17,19H,3-8,12,14-16H2,1-2H3. The van der Waals surface area contributed by atoms with Gasteiger partial charge in [0.05, 0.1) is 16.7 Å². The van der Waals surface area contributed by atoms with Crippen LogP contribution in [0.2, 0.25) is 0 Å². The lowest BCUT2D eigenvalue weighted by molar-refractivity contribution is 0.160. The average molecular weight is 405 g/mol. The lowest BCUT2D eigenvalue weighted by Gasteiger charge is -2.34. The van der Waals surface area contributed by atoms with E-state index < -0.39 is 0 Å². The van der Waals surface area contributed by atoms with Crippen LogP contribution in [0.15, 0.2) is 30.5 Å². The van der Waals surface area contributed by atoms with Crippen LogP contribution in [0.5, 0.6) is 0 Å². The molecule has 1 aromatic carbocycles. The van der Waals surface area contributed by atoms with Crippen molar-refractivity contribution in [3.8, 4) is 11.3 Å². The largest absolute Gasteiger partial charge is 0.341 e. The molecule has 3 aromatic rings. The minimum Gasteiger partial charge on any atom is -0.341 e. The van der Waals surface area contributed by atoms with E-state index in [9.17, 15) is 0 Å². The second-order valence-electron chi connectivity index (χ2n) is 8.73. The Bertz CT molecular complexity index is 1020. The van der Waals surface area contributed by atoms with Crippen LogP contribution in [-0.4, -0.2) is 57.1 Å². The van der Waals surface area contributed by atoms with E-state index in [1.165, 1.54) is 43.4 Å². The maximum atomic E-state index is 5.03. The number of hydrogen-bond acceptors (Lipinski definition) is 5. The van der Waals surface area contributed by atoms with Gasteiger partial charge in [-0.1, -0.05) is 12.5 Å². The van der Waals surface area contributed by atoms with Gasteiger partial charge in [-0.2, -0.15) is 0 Å². The molecule has 0 atom stereocenters. The van der Waals surface area contributed by atoms with E-state index in [4.69, 9.17) is 9.97 Å². The van der Waals surface area contributed by atoms with Crippen LogP contribution in [0.25, 0.3) is 22.3 Å². The van der Waals surface area contributed by atoms with Crippen molar-refractivity contribution < 1.29 is 0 Å². The summed E-state index contributed by atoms with van der Waals surface area (Å²) in [6.07, 6.45) is 9.42. The van der Waals surface area contributed by atoms with Crippen molar-refractivity contribution in [2.75, 3.05) is 31.6 Å². The molecule has 5 rings (SSSR count). The van der Waals surface area contributed by atoms with Gasteiger partial charge in [-0.25, -0.2) is 15.0 Å². The summed E-state index contributed by atoms with van der Waals surface area (Å²) in [5.41, 5.74) is 4.38. The van der Waals surface area contributed by atoms with Gasteiger partial charge >= 0.3 is 0 Å². The van der Waals surface area contributed by atoms with Gasteiger partial charge in [0.2, 0.25) is 5.95 Å². The molecule has 0 unspecified atom stereocenters. The summed E-state index contributed by atoms with van der Waals surface area (Å²) < 4.78 is 2.36. The number of likely N-dealkylation sites (N-methyl/N-ethyl adjacent to an activating group) is 1. The van der Waals surface area contributed by atoms with Gasteiger partial charge < -0.3 is 14.4 Å². The molecule has 1 aliphatic heterocycles. The van der Waals surface area contributed by atoms with Crippen molar-refractivity contribution in [1.82, 2.24) is 24.4 Å². The molecule has 6 nitrogen and oxygen atoms in total. The second kappa shape index (κ2) is 8.34. The van der Waals surface area contributed by atoms with E-state index in [-0.39, 0.29) is 0 Å². The van der Waals surface area contributed by atoms with Gasteiger partial charge in [0, 0.05) is 50.4 Å². The Morgan fingerprint density at radius 1 is 1.07 bits per heavy atom. The zero-order valence-electron chi connectivity index (χ0n) is 18.2. The second-order valence-corrected chi connectivity index (χ2v) is 8.73. The minimum absolute atomic E-state index is 0.777. The predicted octanol–water partition coefficient (Wildman–Crippen LogP) is 4.14. The molecule has 158 valence electrons. The van der Waals surface area contributed by atoms with Gasteiger partial charge in [0.25, 0.3) is 0 Å². The van der Waals surface area contributed by atoms with Crippen LogP contribution in [0.3, 0.4) is 0 Å². The van der Waals surface area contributed by atoms with Crippen molar-refractivity contribution >= 4 is 17.0 Å². The number of benzene rings is 1. The number of aromatic nitrogens is 4. The third-order valence-electron chi connectivity index (χ3n) is 6.86. The summed E-state index contributed by atoms with van der Waals surface area (Å²) in [7, 11) is 2.26. The number of imidazole rings is 1. The summed E-state index contributed by atoms with van der Waals surface area (Å²) in [4.78, 5) is 19.2. The molecule has 1 saturated heterocycles. The van der Waals surface area contributed by atoms with Gasteiger partial charge in [-0.15, -0.1) is 0 Å². The number of fused-ring (bicyclic) bond motifs is 1. The zero-order chi connectivity index (χ0) is 20.5. The first-order chi connectivity index (χ1) is 14.7. The van der Waals surface area contributed by atoms with Crippen molar-refractivity contribution in [3.05, 3.63) is 36.3 Å². The summed E-state index contributed by atoms with van der Waals surface area (Å²) in [6, 6.07) is 9.36. The SMILES string of the molecule is CCn1c(CCN(C)C2CCC2)nc2cc(-c3ccnc(N4CCCC4)n3)ccc21. The maximum Gasteiger partial charge on any atom is 0.225 e. The molecule has 0 bridgehead atoms. The number of rotatable bonds is 7. The van der Waals surface area contributed by atoms with Gasteiger partial charge in [0.15, 0.2) is 0 Å². The molecule has 1 aliphatic carbocycles. The van der Waals surface area contributed by atoms with Gasteiger partial charge in [-0.3, -0.25) is 0 Å². The molecule has 30 heavy (non-hydrogen) atoms. The van der Waals surface area contributed by atoms with Crippen LogP contribution in [0, 0.1) is 0 Å². The number of aryl methyl sites for hydroxylation is 1. The predicted molar refractivity (Wildman–Crippen MR) is 122 cm³/mol. The van der Waals surface area contributed by atoms with Crippen LogP contribution in [-0.2, 0) is 13.0 Å². The highest BCUT2D eigenvalue weighted by molar-refractivity contribution is 5.82. The highest BCUT2D eigenvalue weighted by atomic mass is 15.3. The van der Waals surface area contributed by atoms with E-state index in [1.807, 2.05) is 12.3 Å². The maximum absolute atomic E-state index is 5.03. The fraction of sp³-hybridized carbons (Fsp3) is 0.542. The molecular formula is C24H32N6. The molecule has 0 spiro atoms. The molecule has 6 heteroatoms. The van der Waals surface area contributed by atoms with Gasteiger partial charge in [-0.05, 0) is 57.9 Å². The van der Waals surface area contributed by atoms with Crippen molar-refractivity contribution in [1.29, 1.82) is 0 Å². The topological polar surface area (TPSA) is 50.1 Å².